The number of aromatic nitrogens is 1. The minimum atomic E-state index is -0.475. The van der Waals surface area contributed by atoms with E-state index in [1.807, 2.05) is 41.3 Å². The summed E-state index contributed by atoms with van der Waals surface area (Å²) >= 11 is 5.75. The minimum absolute atomic E-state index is 0.0770. The molecule has 5 rings (SSSR count). The maximum Gasteiger partial charge on any atom is 0.273 e. The molecule has 2 aromatic carbocycles. The van der Waals surface area contributed by atoms with Crippen molar-refractivity contribution >= 4 is 40.3 Å². The number of amides is 1. The Morgan fingerprint density at radius 3 is 2.61 bits per heavy atom. The van der Waals surface area contributed by atoms with Crippen LogP contribution in [0.4, 0.5) is 17.1 Å². The lowest BCUT2D eigenvalue weighted by atomic mass is 10.0. The Bertz CT molecular complexity index is 1510. The van der Waals surface area contributed by atoms with Crippen LogP contribution in [0.3, 0.4) is 0 Å². The van der Waals surface area contributed by atoms with Crippen LogP contribution in [0.2, 0.25) is 0 Å². The third-order valence-electron chi connectivity index (χ3n) is 6.14. The van der Waals surface area contributed by atoms with Crippen molar-refractivity contribution < 1.29 is 18.9 Å². The molecule has 2 atom stereocenters. The monoisotopic (exact) mass is 529 g/mol. The molecule has 192 valence electrons. The molecule has 38 heavy (non-hydrogen) atoms. The molecule has 4 aromatic rings. The summed E-state index contributed by atoms with van der Waals surface area (Å²) in [4.78, 5) is 28.7. The lowest BCUT2D eigenvalue weighted by Gasteiger charge is -2.26. The Balaban J connectivity index is 1.56. The molecule has 3 heterocycles. The Morgan fingerprint density at radius 2 is 1.95 bits per heavy atom. The van der Waals surface area contributed by atoms with Gasteiger partial charge in [0.25, 0.3) is 5.69 Å². The highest BCUT2D eigenvalue weighted by atomic mass is 32.1. The fraction of sp³-hybridized carbons (Fsp3) is 0.148. The smallest absolute Gasteiger partial charge is 0.273 e. The zero-order valence-corrected chi connectivity index (χ0v) is 21.3. The number of pyridine rings is 1. The highest BCUT2D eigenvalue weighted by Crippen LogP contribution is 2.44. The number of non-ortho nitro benzene ring substituents is 1. The van der Waals surface area contributed by atoms with E-state index in [-0.39, 0.29) is 17.6 Å². The fourth-order valence-corrected chi connectivity index (χ4v) is 4.83. The van der Waals surface area contributed by atoms with Gasteiger partial charge in [-0.05, 0) is 66.8 Å². The van der Waals surface area contributed by atoms with Gasteiger partial charge in [-0.2, -0.15) is 0 Å². The fourth-order valence-electron chi connectivity index (χ4n) is 4.48. The summed E-state index contributed by atoms with van der Waals surface area (Å²) < 4.78 is 11.8. The van der Waals surface area contributed by atoms with Crippen molar-refractivity contribution in [3.63, 3.8) is 0 Å². The molecule has 1 amide bonds. The number of methoxy groups -OCH3 is 1. The van der Waals surface area contributed by atoms with Crippen molar-refractivity contribution in [3.8, 4) is 17.1 Å². The number of ether oxygens (including phenoxy) is 1. The Morgan fingerprint density at radius 1 is 1.16 bits per heavy atom. The number of benzene rings is 2. The van der Waals surface area contributed by atoms with Gasteiger partial charge in [-0.15, -0.1) is 0 Å². The van der Waals surface area contributed by atoms with E-state index in [1.54, 1.807) is 30.5 Å². The molecule has 11 heteroatoms. The van der Waals surface area contributed by atoms with Crippen LogP contribution < -0.4 is 20.3 Å². The van der Waals surface area contributed by atoms with E-state index in [9.17, 15) is 14.9 Å². The molecule has 1 saturated heterocycles. The Hall–Kier alpha value is -4.77. The maximum absolute atomic E-state index is 11.4. The van der Waals surface area contributed by atoms with E-state index in [4.69, 9.17) is 21.4 Å². The van der Waals surface area contributed by atoms with E-state index in [1.165, 1.54) is 26.2 Å². The van der Waals surface area contributed by atoms with E-state index >= 15 is 0 Å². The number of hydrogen-bond donors (Lipinski definition) is 2. The second kappa shape index (κ2) is 10.3. The third kappa shape index (κ3) is 4.78. The largest absolute Gasteiger partial charge is 0.496 e. The molecule has 10 nitrogen and oxygen atoms in total. The van der Waals surface area contributed by atoms with Gasteiger partial charge < -0.3 is 24.7 Å². The molecule has 2 N–H and O–H groups in total. The predicted molar refractivity (Wildman–Crippen MR) is 146 cm³/mol. The lowest BCUT2D eigenvalue weighted by molar-refractivity contribution is -0.384. The van der Waals surface area contributed by atoms with Gasteiger partial charge in [0.1, 0.15) is 23.3 Å². The second-order valence-corrected chi connectivity index (χ2v) is 8.96. The molecule has 0 spiro atoms. The van der Waals surface area contributed by atoms with Crippen molar-refractivity contribution in [2.45, 2.75) is 19.0 Å². The molecule has 2 aromatic heterocycles. The summed E-state index contributed by atoms with van der Waals surface area (Å²) in [5.74, 6) is 1.26. The number of nitro groups is 1. The van der Waals surface area contributed by atoms with Gasteiger partial charge >= 0.3 is 0 Å². The number of anilines is 2. The van der Waals surface area contributed by atoms with Gasteiger partial charge in [0.15, 0.2) is 5.11 Å². The van der Waals surface area contributed by atoms with E-state index in [0.717, 1.165) is 11.4 Å². The van der Waals surface area contributed by atoms with Crippen molar-refractivity contribution in [2.75, 3.05) is 17.3 Å². The first kappa shape index (κ1) is 24.9. The molecule has 0 aliphatic carbocycles. The van der Waals surface area contributed by atoms with Crippen LogP contribution in [0, 0.1) is 10.1 Å². The zero-order chi connectivity index (χ0) is 26.8. The maximum atomic E-state index is 11.4. The van der Waals surface area contributed by atoms with Crippen LogP contribution in [-0.4, -0.2) is 28.0 Å². The number of nitrogens with one attached hydrogen (secondary N) is 2. The Kier molecular flexibility index (Phi) is 6.75. The summed E-state index contributed by atoms with van der Waals surface area (Å²) in [7, 11) is 1.45. The highest BCUT2D eigenvalue weighted by molar-refractivity contribution is 7.80. The van der Waals surface area contributed by atoms with Crippen LogP contribution in [-0.2, 0) is 4.79 Å². The molecular weight excluding hydrogens is 506 g/mol. The van der Waals surface area contributed by atoms with Gasteiger partial charge in [-0.3, -0.25) is 19.9 Å². The van der Waals surface area contributed by atoms with Crippen molar-refractivity contribution in [1.29, 1.82) is 0 Å². The number of nitrogens with zero attached hydrogens (tertiary/aromatic N) is 3. The Labute approximate surface area is 223 Å². The molecule has 0 saturated carbocycles. The number of thiocarbonyl (C=S) groups is 1. The summed E-state index contributed by atoms with van der Waals surface area (Å²) in [6.07, 6.45) is 1.72. The normalized spacial score (nSPS) is 16.7. The van der Waals surface area contributed by atoms with E-state index in [0.29, 0.717) is 33.6 Å². The van der Waals surface area contributed by atoms with Gasteiger partial charge in [0, 0.05) is 30.6 Å². The second-order valence-electron chi connectivity index (χ2n) is 8.57. The molecule has 1 fully saturated rings. The highest BCUT2D eigenvalue weighted by Gasteiger charge is 2.42. The molecule has 1 aliphatic heterocycles. The summed E-state index contributed by atoms with van der Waals surface area (Å²) in [6.45, 7) is 1.45. The SMILES string of the molecule is COc1cc([N+](=O)[O-])ccc1-c1ccc([C@H]2[C@@H](c3ccccn3)NC(=S)N2c2ccc(NC(C)=O)cc2)o1. The lowest BCUT2D eigenvalue weighted by Crippen LogP contribution is -2.29. The number of nitro benzene ring substituents is 1. The van der Waals surface area contributed by atoms with Gasteiger partial charge in [0.05, 0.1) is 35.4 Å². The predicted octanol–water partition coefficient (Wildman–Crippen LogP) is 5.39. The van der Waals surface area contributed by atoms with Crippen LogP contribution in [0.5, 0.6) is 5.75 Å². The van der Waals surface area contributed by atoms with Crippen LogP contribution in [0.1, 0.15) is 30.5 Å². The first-order valence-corrected chi connectivity index (χ1v) is 12.1. The molecule has 0 unspecified atom stereocenters. The summed E-state index contributed by atoms with van der Waals surface area (Å²) in [6, 6.07) is 20.3. The number of rotatable bonds is 7. The van der Waals surface area contributed by atoms with Crippen LogP contribution in [0.25, 0.3) is 11.3 Å². The van der Waals surface area contributed by atoms with Crippen molar-refractivity contribution in [1.82, 2.24) is 10.3 Å². The third-order valence-corrected chi connectivity index (χ3v) is 6.46. The van der Waals surface area contributed by atoms with E-state index in [2.05, 4.69) is 15.6 Å². The quantitative estimate of drug-likeness (QED) is 0.184. The average Bonchev–Trinajstić information content (AvgIpc) is 3.53. The minimum Gasteiger partial charge on any atom is -0.496 e. The molecule has 0 radical (unpaired) electrons. The molecular formula is C27H23N5O5S. The topological polar surface area (TPSA) is 123 Å². The number of carbonyl (C=O) groups excluding carboxylic acids is 1. The van der Waals surface area contributed by atoms with Crippen molar-refractivity contribution in [2.24, 2.45) is 0 Å². The first-order valence-electron chi connectivity index (χ1n) is 11.7. The number of hydrogen-bond acceptors (Lipinski definition) is 7. The van der Waals surface area contributed by atoms with Gasteiger partial charge in [0.2, 0.25) is 5.91 Å². The summed E-state index contributed by atoms with van der Waals surface area (Å²) in [5, 5.41) is 17.8. The van der Waals surface area contributed by atoms with Crippen molar-refractivity contribution in [3.05, 3.63) is 101 Å². The standard InChI is InChI=1S/C27H23N5O5S/c1-16(33)29-17-6-8-18(9-7-17)31-26(25(30-27(31)38)21-5-3-4-14-28-21)23-13-12-22(37-23)20-11-10-19(32(34)35)15-24(20)36-2/h3-15,25-26H,1-2H3,(H,29,33)(H,30,38)/t25-,26+/m1/s1. The van der Waals surface area contributed by atoms with Crippen LogP contribution in [0.15, 0.2) is 83.4 Å². The number of furan rings is 1. The molecule has 0 bridgehead atoms. The first-order chi connectivity index (χ1) is 18.4. The van der Waals surface area contributed by atoms with E-state index < -0.39 is 11.0 Å². The number of carbonyl (C=O) groups is 1. The molecule has 1 aliphatic rings. The van der Waals surface area contributed by atoms with Gasteiger partial charge in [-0.1, -0.05) is 6.07 Å². The van der Waals surface area contributed by atoms with Crippen LogP contribution >= 0.6 is 12.2 Å². The van der Waals surface area contributed by atoms with Gasteiger partial charge in [-0.25, -0.2) is 0 Å². The average molecular weight is 530 g/mol. The zero-order valence-electron chi connectivity index (χ0n) is 20.5. The summed E-state index contributed by atoms with van der Waals surface area (Å²) in [5.41, 5.74) is 2.75.